The Bertz CT molecular complexity index is 1010. The van der Waals surface area contributed by atoms with Crippen molar-refractivity contribution in [3.8, 4) is 0 Å². The molecule has 2 N–H and O–H groups in total. The van der Waals surface area contributed by atoms with Crippen molar-refractivity contribution >= 4 is 11.6 Å². The maximum atomic E-state index is 6.37. The molecule has 2 aliphatic rings. The van der Waals surface area contributed by atoms with Crippen molar-refractivity contribution in [3.63, 3.8) is 0 Å². The molecule has 0 spiro atoms. The fraction of sp³-hybridized carbons (Fsp3) is 0.346. The molecule has 2 unspecified atom stereocenters. The number of H-pyrrole nitrogens is 1. The van der Waals surface area contributed by atoms with Crippen LogP contribution >= 0.6 is 11.6 Å². The van der Waals surface area contributed by atoms with E-state index in [0.717, 1.165) is 55.0 Å². The van der Waals surface area contributed by atoms with Crippen molar-refractivity contribution in [2.24, 2.45) is 0 Å². The molecule has 1 aromatic carbocycles. The molecule has 0 saturated carbocycles. The summed E-state index contributed by atoms with van der Waals surface area (Å²) in [6.45, 7) is 2.21. The summed E-state index contributed by atoms with van der Waals surface area (Å²) in [6.07, 6.45) is 21.1. The van der Waals surface area contributed by atoms with Gasteiger partial charge in [-0.15, -0.1) is 0 Å². The maximum Gasteiger partial charge on any atom is 0.155 e. The van der Waals surface area contributed by atoms with Crippen LogP contribution in [0.5, 0.6) is 0 Å². The number of halogens is 1. The van der Waals surface area contributed by atoms with E-state index in [1.165, 1.54) is 23.0 Å². The summed E-state index contributed by atoms with van der Waals surface area (Å²) in [5.74, 6) is 0.761. The topological polar surface area (TPSA) is 59.2 Å². The number of hydrogen-bond donors (Lipinski definition) is 2. The molecular weight excluding hydrogens is 422 g/mol. The second-order valence-electron chi connectivity index (χ2n) is 8.15. The normalized spacial score (nSPS) is 17.2. The number of ether oxygens (including phenoxy) is 2. The van der Waals surface area contributed by atoms with E-state index in [1.807, 2.05) is 12.3 Å². The predicted octanol–water partition coefficient (Wildman–Crippen LogP) is 6.48. The Balaban J connectivity index is 1.68. The number of nitrogens with zero attached hydrogens (tertiary/aromatic N) is 1. The number of rotatable bonds is 10. The number of aromatic nitrogens is 2. The number of aromatic amines is 1. The molecule has 0 radical (unpaired) electrons. The Morgan fingerprint density at radius 2 is 2.22 bits per heavy atom. The van der Waals surface area contributed by atoms with E-state index >= 15 is 0 Å². The van der Waals surface area contributed by atoms with Crippen molar-refractivity contribution < 1.29 is 9.47 Å². The highest BCUT2D eigenvalue weighted by Gasteiger charge is 2.27. The standard InChI is InChI=1S/C26H30ClN3O2/c1-2-3-9-20-15-21(27)10-11-22(20)26(24-16-28-18-29-24)30-23(25-17-31-12-13-32-25)14-19-7-5-4-6-8-19/h4-5,7,10-13,15-18,23,26,30H,2-3,6,8-9,14H2,1H3,(H,28,29). The lowest BCUT2D eigenvalue weighted by molar-refractivity contribution is 0.222. The monoisotopic (exact) mass is 451 g/mol. The first-order valence-corrected chi connectivity index (χ1v) is 11.7. The van der Waals surface area contributed by atoms with Crippen LogP contribution in [0.2, 0.25) is 5.02 Å². The number of nitrogens with one attached hydrogen (secondary N) is 2. The van der Waals surface area contributed by atoms with Crippen LogP contribution in [-0.2, 0) is 15.9 Å². The summed E-state index contributed by atoms with van der Waals surface area (Å²) in [5, 5.41) is 4.60. The van der Waals surface area contributed by atoms with Crippen LogP contribution in [0.25, 0.3) is 0 Å². The number of hydrogen-bond acceptors (Lipinski definition) is 4. The van der Waals surface area contributed by atoms with Crippen LogP contribution in [0.1, 0.15) is 61.9 Å². The van der Waals surface area contributed by atoms with Gasteiger partial charge in [0.1, 0.15) is 18.8 Å². The third kappa shape index (κ3) is 5.72. The predicted molar refractivity (Wildman–Crippen MR) is 128 cm³/mol. The van der Waals surface area contributed by atoms with E-state index < -0.39 is 0 Å². The van der Waals surface area contributed by atoms with Gasteiger partial charge in [0, 0.05) is 11.2 Å². The second-order valence-corrected chi connectivity index (χ2v) is 8.58. The van der Waals surface area contributed by atoms with Crippen LogP contribution in [0.3, 0.4) is 0 Å². The van der Waals surface area contributed by atoms with E-state index in [1.54, 1.807) is 18.9 Å². The molecule has 1 aromatic heterocycles. The lowest BCUT2D eigenvalue weighted by Crippen LogP contribution is -2.37. The van der Waals surface area contributed by atoms with Gasteiger partial charge in [-0.25, -0.2) is 4.98 Å². The highest BCUT2D eigenvalue weighted by Crippen LogP contribution is 2.31. The van der Waals surface area contributed by atoms with E-state index in [2.05, 4.69) is 52.6 Å². The minimum atomic E-state index is -0.0956. The van der Waals surface area contributed by atoms with E-state index in [9.17, 15) is 0 Å². The largest absolute Gasteiger partial charge is 0.466 e. The SMILES string of the molecule is CCCCc1cc(Cl)ccc1C(NC(CC1=CC=CCC1)C1=COC=CO1)c1cnc[nH]1. The van der Waals surface area contributed by atoms with Gasteiger partial charge in [-0.3, -0.25) is 5.32 Å². The molecule has 32 heavy (non-hydrogen) atoms. The van der Waals surface area contributed by atoms with E-state index in [4.69, 9.17) is 21.1 Å². The third-order valence-corrected chi connectivity index (χ3v) is 6.08. The Morgan fingerprint density at radius 3 is 2.94 bits per heavy atom. The Hall–Kier alpha value is -2.76. The fourth-order valence-electron chi connectivity index (χ4n) is 4.18. The van der Waals surface area contributed by atoms with Crippen molar-refractivity contribution in [2.75, 3.05) is 0 Å². The average Bonchev–Trinajstić information content (AvgIpc) is 3.37. The number of aryl methyl sites for hydroxylation is 1. The molecule has 0 fully saturated rings. The highest BCUT2D eigenvalue weighted by atomic mass is 35.5. The number of allylic oxidation sites excluding steroid dienone is 3. The summed E-state index contributed by atoms with van der Waals surface area (Å²) in [4.78, 5) is 7.60. The van der Waals surface area contributed by atoms with Gasteiger partial charge in [0.25, 0.3) is 0 Å². The van der Waals surface area contributed by atoms with Gasteiger partial charge in [0.05, 0.1) is 24.1 Å². The first-order valence-electron chi connectivity index (χ1n) is 11.3. The van der Waals surface area contributed by atoms with Gasteiger partial charge in [0.2, 0.25) is 0 Å². The van der Waals surface area contributed by atoms with Crippen molar-refractivity contribution in [3.05, 3.63) is 101 Å². The minimum absolute atomic E-state index is 0.0688. The average molecular weight is 452 g/mol. The molecule has 2 atom stereocenters. The Labute approximate surface area is 194 Å². The molecular formula is C26H30ClN3O2. The molecule has 0 saturated heterocycles. The van der Waals surface area contributed by atoms with Crippen molar-refractivity contribution in [2.45, 2.75) is 57.5 Å². The molecule has 1 aliphatic carbocycles. The number of imidazole rings is 1. The van der Waals surface area contributed by atoms with Gasteiger partial charge in [0.15, 0.2) is 5.76 Å². The molecule has 6 heteroatoms. The van der Waals surface area contributed by atoms with Crippen LogP contribution in [-0.4, -0.2) is 16.0 Å². The van der Waals surface area contributed by atoms with Crippen LogP contribution < -0.4 is 5.32 Å². The zero-order valence-electron chi connectivity index (χ0n) is 18.4. The van der Waals surface area contributed by atoms with Crippen molar-refractivity contribution in [1.29, 1.82) is 0 Å². The zero-order chi connectivity index (χ0) is 22.2. The molecule has 2 heterocycles. The highest BCUT2D eigenvalue weighted by molar-refractivity contribution is 6.30. The molecule has 0 amide bonds. The summed E-state index contributed by atoms with van der Waals surface area (Å²) in [5.41, 5.74) is 4.83. The van der Waals surface area contributed by atoms with Crippen molar-refractivity contribution in [1.82, 2.24) is 15.3 Å². The summed E-state index contributed by atoms with van der Waals surface area (Å²) in [7, 11) is 0. The first kappa shape index (κ1) is 22.4. The number of benzene rings is 1. The smallest absolute Gasteiger partial charge is 0.155 e. The van der Waals surface area contributed by atoms with Crippen LogP contribution in [0.4, 0.5) is 0 Å². The molecule has 4 rings (SSSR count). The first-order chi connectivity index (χ1) is 15.7. The van der Waals surface area contributed by atoms with Gasteiger partial charge in [-0.05, 0) is 55.4 Å². The molecule has 1 aliphatic heterocycles. The van der Waals surface area contributed by atoms with Crippen LogP contribution in [0, 0.1) is 0 Å². The third-order valence-electron chi connectivity index (χ3n) is 5.85. The van der Waals surface area contributed by atoms with Gasteiger partial charge >= 0.3 is 0 Å². The molecule has 168 valence electrons. The lowest BCUT2D eigenvalue weighted by atomic mass is 9.92. The minimum Gasteiger partial charge on any atom is -0.466 e. The van der Waals surface area contributed by atoms with Gasteiger partial charge < -0.3 is 14.5 Å². The summed E-state index contributed by atoms with van der Waals surface area (Å²) >= 11 is 6.37. The summed E-state index contributed by atoms with van der Waals surface area (Å²) < 4.78 is 11.3. The zero-order valence-corrected chi connectivity index (χ0v) is 19.1. The summed E-state index contributed by atoms with van der Waals surface area (Å²) in [6, 6.07) is 6.01. The van der Waals surface area contributed by atoms with Gasteiger partial charge in [-0.1, -0.05) is 54.8 Å². The Morgan fingerprint density at radius 1 is 1.28 bits per heavy atom. The lowest BCUT2D eigenvalue weighted by Gasteiger charge is -2.29. The Kier molecular flexibility index (Phi) is 7.86. The molecule has 2 aromatic rings. The number of unbranched alkanes of at least 4 members (excludes halogenated alkanes) is 1. The fourth-order valence-corrected chi connectivity index (χ4v) is 4.37. The molecule has 5 nitrogen and oxygen atoms in total. The van der Waals surface area contributed by atoms with Crippen LogP contribution in [0.15, 0.2) is 79.1 Å². The quantitative estimate of drug-likeness (QED) is 0.434. The van der Waals surface area contributed by atoms with E-state index in [-0.39, 0.29) is 12.1 Å². The second kappa shape index (κ2) is 11.2. The molecule has 0 bridgehead atoms. The van der Waals surface area contributed by atoms with Gasteiger partial charge in [-0.2, -0.15) is 0 Å². The maximum absolute atomic E-state index is 6.37. The van der Waals surface area contributed by atoms with E-state index in [0.29, 0.717) is 0 Å².